The predicted molar refractivity (Wildman–Crippen MR) is 128 cm³/mol. The molecule has 0 aliphatic heterocycles. The summed E-state index contributed by atoms with van der Waals surface area (Å²) in [5.41, 5.74) is 3.43. The first-order valence-corrected chi connectivity index (χ1v) is 11.6. The number of hydrogen-bond donors (Lipinski definition) is 1. The van der Waals surface area contributed by atoms with Gasteiger partial charge < -0.3 is 10.1 Å². The summed E-state index contributed by atoms with van der Waals surface area (Å²) in [5, 5.41) is 4.11. The molecule has 1 aromatic heterocycles. The third kappa shape index (κ3) is 5.01. The Labute approximate surface area is 201 Å². The molecule has 0 saturated carbocycles. The number of carbonyl (C=O) groups excluding carboxylic acids is 2. The van der Waals surface area contributed by atoms with Crippen LogP contribution < -0.4 is 5.32 Å². The van der Waals surface area contributed by atoms with Crippen molar-refractivity contribution in [1.82, 2.24) is 4.98 Å². The maximum absolute atomic E-state index is 13.2. The minimum absolute atomic E-state index is 0.237. The zero-order valence-corrected chi connectivity index (χ0v) is 19.5. The molecule has 166 valence electrons. The first-order chi connectivity index (χ1) is 15.4. The quantitative estimate of drug-likeness (QED) is 0.328. The number of fused-ring (bicyclic) bond motifs is 2. The Bertz CT molecular complexity index is 1200. The largest absolute Gasteiger partial charge is 0.452 e. The molecule has 8 heteroatoms. The number of benzene rings is 2. The van der Waals surface area contributed by atoms with Crippen molar-refractivity contribution in [2.75, 3.05) is 11.9 Å². The van der Waals surface area contributed by atoms with Crippen molar-refractivity contribution < 1.29 is 14.3 Å². The summed E-state index contributed by atoms with van der Waals surface area (Å²) in [6.45, 7) is -0.458. The minimum Gasteiger partial charge on any atom is -0.452 e. The number of ether oxygens (including phenoxy) is 1. The molecular formula is C24H21Cl3N2O3. The number of rotatable bonds is 4. The Morgan fingerprint density at radius 2 is 1.66 bits per heavy atom. The van der Waals surface area contributed by atoms with E-state index in [1.807, 2.05) is 24.3 Å². The van der Waals surface area contributed by atoms with E-state index >= 15 is 0 Å². The van der Waals surface area contributed by atoms with Gasteiger partial charge in [0.15, 0.2) is 6.61 Å². The summed E-state index contributed by atoms with van der Waals surface area (Å²) < 4.78 is 5.42. The van der Waals surface area contributed by atoms with Gasteiger partial charge in [0.05, 0.1) is 31.8 Å². The molecule has 0 saturated heterocycles. The van der Waals surface area contributed by atoms with Crippen LogP contribution in [-0.4, -0.2) is 23.5 Å². The summed E-state index contributed by atoms with van der Waals surface area (Å²) >= 11 is 18.0. The second kappa shape index (κ2) is 10.1. The van der Waals surface area contributed by atoms with E-state index in [0.717, 1.165) is 60.7 Å². The lowest BCUT2D eigenvalue weighted by Crippen LogP contribution is -2.22. The van der Waals surface area contributed by atoms with Crippen LogP contribution in [0.3, 0.4) is 0 Å². The minimum atomic E-state index is -0.532. The van der Waals surface area contributed by atoms with Gasteiger partial charge in [0.1, 0.15) is 0 Å². The van der Waals surface area contributed by atoms with Gasteiger partial charge in [-0.15, -0.1) is 0 Å². The highest BCUT2D eigenvalue weighted by Gasteiger charge is 2.23. The third-order valence-electron chi connectivity index (χ3n) is 5.49. The van der Waals surface area contributed by atoms with Crippen LogP contribution in [0.2, 0.25) is 15.1 Å². The summed E-state index contributed by atoms with van der Waals surface area (Å²) in [6.07, 6.45) is 5.90. The molecule has 32 heavy (non-hydrogen) atoms. The Morgan fingerprint density at radius 1 is 0.938 bits per heavy atom. The number of carbonyl (C=O) groups is 2. The molecule has 1 aliphatic rings. The van der Waals surface area contributed by atoms with Crippen molar-refractivity contribution >= 4 is 63.3 Å². The van der Waals surface area contributed by atoms with Gasteiger partial charge in [-0.1, -0.05) is 65.8 Å². The number of para-hydroxylation sites is 1. The van der Waals surface area contributed by atoms with Crippen LogP contribution in [0.15, 0.2) is 36.4 Å². The molecule has 0 atom stereocenters. The molecule has 2 aromatic carbocycles. The molecule has 0 fully saturated rings. The lowest BCUT2D eigenvalue weighted by atomic mass is 9.91. The Hall–Kier alpha value is -2.34. The fraction of sp³-hybridized carbons (Fsp3) is 0.292. The average Bonchev–Trinajstić information content (AvgIpc) is 2.75. The number of pyridine rings is 1. The van der Waals surface area contributed by atoms with Crippen LogP contribution in [-0.2, 0) is 22.4 Å². The standard InChI is InChI=1S/C24H21Cl3N2O3/c25-16-11-18(27)21(12-17(16)26)29-22(30)13-32-24(31)23-14-7-3-1-2-4-9-19(14)28-20-10-6-5-8-15(20)23/h5-6,8,10-12H,1-4,7,9,13H2,(H,29,30). The first-order valence-electron chi connectivity index (χ1n) is 10.5. The molecule has 1 amide bonds. The van der Waals surface area contributed by atoms with E-state index in [2.05, 4.69) is 5.32 Å². The van der Waals surface area contributed by atoms with Crippen LogP contribution in [0.5, 0.6) is 0 Å². The number of hydrogen-bond acceptors (Lipinski definition) is 4. The van der Waals surface area contributed by atoms with Crippen molar-refractivity contribution in [2.45, 2.75) is 38.5 Å². The van der Waals surface area contributed by atoms with Crippen LogP contribution in [0.4, 0.5) is 5.69 Å². The fourth-order valence-corrected chi connectivity index (χ4v) is 4.56. The van der Waals surface area contributed by atoms with Crippen LogP contribution >= 0.6 is 34.8 Å². The number of nitrogens with one attached hydrogen (secondary N) is 1. The monoisotopic (exact) mass is 490 g/mol. The van der Waals surface area contributed by atoms with E-state index in [1.165, 1.54) is 12.1 Å². The molecule has 0 bridgehead atoms. The molecule has 0 radical (unpaired) electrons. The number of nitrogens with zero attached hydrogens (tertiary/aromatic N) is 1. The summed E-state index contributed by atoms with van der Waals surface area (Å²) in [4.78, 5) is 30.4. The summed E-state index contributed by atoms with van der Waals surface area (Å²) in [7, 11) is 0. The van der Waals surface area contributed by atoms with E-state index in [4.69, 9.17) is 44.5 Å². The topological polar surface area (TPSA) is 68.3 Å². The van der Waals surface area contributed by atoms with Crippen LogP contribution in [0.1, 0.15) is 47.3 Å². The smallest absolute Gasteiger partial charge is 0.339 e. The van der Waals surface area contributed by atoms with Crippen molar-refractivity contribution in [3.63, 3.8) is 0 Å². The highest BCUT2D eigenvalue weighted by atomic mass is 35.5. The number of anilines is 1. The Kier molecular flexibility index (Phi) is 7.19. The lowest BCUT2D eigenvalue weighted by molar-refractivity contribution is -0.119. The van der Waals surface area contributed by atoms with Crippen molar-refractivity contribution in [3.05, 3.63) is 68.3 Å². The molecule has 1 N–H and O–H groups in total. The molecule has 0 spiro atoms. The van der Waals surface area contributed by atoms with Gasteiger partial charge in [-0.25, -0.2) is 4.79 Å². The summed E-state index contributed by atoms with van der Waals surface area (Å²) in [6, 6.07) is 10.4. The average molecular weight is 492 g/mol. The zero-order chi connectivity index (χ0) is 22.7. The molecule has 3 aromatic rings. The highest BCUT2D eigenvalue weighted by molar-refractivity contribution is 6.44. The SMILES string of the molecule is O=C(COC(=O)c1c2c(nc3ccccc13)CCCCCC2)Nc1cc(Cl)c(Cl)cc1Cl. The molecule has 4 rings (SSSR count). The lowest BCUT2D eigenvalue weighted by Gasteiger charge is -2.18. The summed E-state index contributed by atoms with van der Waals surface area (Å²) in [5.74, 6) is -1.06. The van der Waals surface area contributed by atoms with Crippen molar-refractivity contribution in [2.24, 2.45) is 0 Å². The molecular weight excluding hydrogens is 471 g/mol. The van der Waals surface area contributed by atoms with Gasteiger partial charge >= 0.3 is 5.97 Å². The number of amides is 1. The van der Waals surface area contributed by atoms with Gasteiger partial charge in [0, 0.05) is 11.1 Å². The second-order valence-corrected chi connectivity index (χ2v) is 8.94. The van der Waals surface area contributed by atoms with Gasteiger partial charge in [-0.05, 0) is 49.4 Å². The molecule has 1 heterocycles. The molecule has 5 nitrogen and oxygen atoms in total. The van der Waals surface area contributed by atoms with E-state index in [9.17, 15) is 9.59 Å². The van der Waals surface area contributed by atoms with Crippen molar-refractivity contribution in [1.29, 1.82) is 0 Å². The Balaban J connectivity index is 1.56. The maximum atomic E-state index is 13.2. The van der Waals surface area contributed by atoms with Gasteiger partial charge in [-0.2, -0.15) is 0 Å². The third-order valence-corrected chi connectivity index (χ3v) is 6.53. The van der Waals surface area contributed by atoms with E-state index in [-0.39, 0.29) is 15.1 Å². The van der Waals surface area contributed by atoms with Gasteiger partial charge in [0.2, 0.25) is 0 Å². The van der Waals surface area contributed by atoms with E-state index in [1.54, 1.807) is 0 Å². The first kappa shape index (κ1) is 22.8. The second-order valence-electron chi connectivity index (χ2n) is 7.71. The predicted octanol–water partition coefficient (Wildman–Crippen LogP) is 6.65. The van der Waals surface area contributed by atoms with Gasteiger partial charge in [-0.3, -0.25) is 9.78 Å². The van der Waals surface area contributed by atoms with Crippen LogP contribution in [0, 0.1) is 0 Å². The van der Waals surface area contributed by atoms with Gasteiger partial charge in [0.25, 0.3) is 5.91 Å². The maximum Gasteiger partial charge on any atom is 0.339 e. The van der Waals surface area contributed by atoms with Crippen molar-refractivity contribution in [3.8, 4) is 0 Å². The number of esters is 1. The zero-order valence-electron chi connectivity index (χ0n) is 17.2. The highest BCUT2D eigenvalue weighted by Crippen LogP contribution is 2.32. The number of halogens is 3. The number of aromatic nitrogens is 1. The van der Waals surface area contributed by atoms with E-state index in [0.29, 0.717) is 11.3 Å². The fourth-order valence-electron chi connectivity index (χ4n) is 3.97. The number of aryl methyl sites for hydroxylation is 1. The normalized spacial score (nSPS) is 13.7. The van der Waals surface area contributed by atoms with Crippen LogP contribution in [0.25, 0.3) is 10.9 Å². The molecule has 0 unspecified atom stereocenters. The molecule has 1 aliphatic carbocycles. The Morgan fingerprint density at radius 3 is 2.47 bits per heavy atom. The van der Waals surface area contributed by atoms with E-state index < -0.39 is 18.5 Å².